The molecule has 1 aliphatic heterocycles. The number of hydrogen-bond donors (Lipinski definition) is 2. The number of anilines is 1. The largest absolute Gasteiger partial charge is 0.492 e. The third-order valence-electron chi connectivity index (χ3n) is 3.87. The number of para-hydroxylation sites is 2. The highest BCUT2D eigenvalue weighted by Crippen LogP contribution is 2.23. The van der Waals surface area contributed by atoms with Crippen molar-refractivity contribution in [3.63, 3.8) is 0 Å². The highest BCUT2D eigenvalue weighted by atomic mass is 16.6. The average molecular weight is 336 g/mol. The summed E-state index contributed by atoms with van der Waals surface area (Å²) in [6.45, 7) is 7.70. The maximum absolute atomic E-state index is 12.3. The van der Waals surface area contributed by atoms with Crippen LogP contribution in [0.4, 0.5) is 10.5 Å². The van der Waals surface area contributed by atoms with E-state index in [-0.39, 0.29) is 12.0 Å². The minimum atomic E-state index is -0.272. The standard InChI is InChI=1S/C17H25N3O4/c1-3-23-15-8-6-5-7-14(15)18-16(21)13-19-9-11-20(12-10-19)17(22)24-4-2/h5-8H,3-4,9-13H2,1-2H3,(H,18,21)/p+1. The number of carbonyl (C=O) groups excluding carboxylic acids is 2. The summed E-state index contributed by atoms with van der Waals surface area (Å²) in [6, 6.07) is 7.41. The predicted molar refractivity (Wildman–Crippen MR) is 90.4 cm³/mol. The van der Waals surface area contributed by atoms with Crippen LogP contribution in [-0.4, -0.2) is 62.8 Å². The van der Waals surface area contributed by atoms with Crippen LogP contribution in [0.25, 0.3) is 0 Å². The Morgan fingerprint density at radius 3 is 2.54 bits per heavy atom. The maximum atomic E-state index is 12.3. The van der Waals surface area contributed by atoms with Gasteiger partial charge in [-0.25, -0.2) is 4.79 Å². The van der Waals surface area contributed by atoms with Crippen LogP contribution in [0.3, 0.4) is 0 Å². The third-order valence-corrected chi connectivity index (χ3v) is 3.87. The minimum Gasteiger partial charge on any atom is -0.492 e. The first kappa shape index (κ1) is 18.1. The zero-order valence-electron chi connectivity index (χ0n) is 14.3. The summed E-state index contributed by atoms with van der Waals surface area (Å²) in [6.07, 6.45) is -0.272. The maximum Gasteiger partial charge on any atom is 0.410 e. The first-order chi connectivity index (χ1) is 11.6. The van der Waals surface area contributed by atoms with Gasteiger partial charge in [0.1, 0.15) is 5.75 Å². The zero-order valence-corrected chi connectivity index (χ0v) is 14.3. The molecule has 0 unspecified atom stereocenters. The Balaban J connectivity index is 1.81. The Kier molecular flexibility index (Phi) is 6.87. The van der Waals surface area contributed by atoms with Crippen LogP contribution in [-0.2, 0) is 9.53 Å². The van der Waals surface area contributed by atoms with Gasteiger partial charge in [-0.3, -0.25) is 9.69 Å². The zero-order chi connectivity index (χ0) is 17.4. The number of quaternary nitrogens is 1. The van der Waals surface area contributed by atoms with Gasteiger partial charge >= 0.3 is 6.09 Å². The molecule has 132 valence electrons. The molecule has 0 aliphatic carbocycles. The summed E-state index contributed by atoms with van der Waals surface area (Å²) in [5, 5.41) is 2.91. The topological polar surface area (TPSA) is 72.3 Å². The fourth-order valence-corrected chi connectivity index (χ4v) is 2.67. The molecule has 0 radical (unpaired) electrons. The molecule has 0 atom stereocenters. The Morgan fingerprint density at radius 1 is 1.17 bits per heavy atom. The SMILES string of the molecule is CCOC(=O)N1CC[NH+](CC(=O)Nc2ccccc2OCC)CC1. The lowest BCUT2D eigenvalue weighted by Gasteiger charge is -2.31. The first-order valence-electron chi connectivity index (χ1n) is 8.41. The number of nitrogens with one attached hydrogen (secondary N) is 2. The number of ether oxygens (including phenoxy) is 2. The number of benzene rings is 1. The number of piperazine rings is 1. The van der Waals surface area contributed by atoms with Gasteiger partial charge in [0.15, 0.2) is 6.54 Å². The van der Waals surface area contributed by atoms with Gasteiger partial charge in [0, 0.05) is 0 Å². The van der Waals surface area contributed by atoms with Crippen LogP contribution in [0.15, 0.2) is 24.3 Å². The Morgan fingerprint density at radius 2 is 1.88 bits per heavy atom. The molecule has 0 bridgehead atoms. The fourth-order valence-electron chi connectivity index (χ4n) is 2.67. The van der Waals surface area contributed by atoms with Gasteiger partial charge in [-0.05, 0) is 26.0 Å². The van der Waals surface area contributed by atoms with Crippen LogP contribution in [0.1, 0.15) is 13.8 Å². The van der Waals surface area contributed by atoms with Gasteiger partial charge < -0.3 is 19.7 Å². The Labute approximate surface area is 142 Å². The van der Waals surface area contributed by atoms with E-state index >= 15 is 0 Å². The van der Waals surface area contributed by atoms with Crippen molar-refractivity contribution in [1.29, 1.82) is 0 Å². The van der Waals surface area contributed by atoms with Crippen LogP contribution in [0, 0.1) is 0 Å². The van der Waals surface area contributed by atoms with Crippen molar-refractivity contribution in [1.82, 2.24) is 4.90 Å². The number of rotatable bonds is 6. The minimum absolute atomic E-state index is 0.0539. The molecule has 2 rings (SSSR count). The van der Waals surface area contributed by atoms with Crippen LogP contribution in [0.2, 0.25) is 0 Å². The van der Waals surface area contributed by atoms with Crippen molar-refractivity contribution in [2.45, 2.75) is 13.8 Å². The van der Waals surface area contributed by atoms with Crippen LogP contribution in [0.5, 0.6) is 5.75 Å². The van der Waals surface area contributed by atoms with E-state index in [1.165, 1.54) is 0 Å². The average Bonchev–Trinajstić information content (AvgIpc) is 2.58. The second kappa shape index (κ2) is 9.12. The van der Waals surface area contributed by atoms with Gasteiger partial charge in [-0.2, -0.15) is 0 Å². The van der Waals surface area contributed by atoms with Crippen molar-refractivity contribution in [3.8, 4) is 5.75 Å². The van der Waals surface area contributed by atoms with Gasteiger partial charge in [0.2, 0.25) is 0 Å². The van der Waals surface area contributed by atoms with Crippen molar-refractivity contribution in [2.75, 3.05) is 51.3 Å². The van der Waals surface area contributed by atoms with Crippen LogP contribution >= 0.6 is 0 Å². The fraction of sp³-hybridized carbons (Fsp3) is 0.529. The summed E-state index contributed by atoms with van der Waals surface area (Å²) >= 11 is 0. The highest BCUT2D eigenvalue weighted by molar-refractivity contribution is 5.92. The molecule has 0 spiro atoms. The van der Waals surface area contributed by atoms with E-state index in [1.54, 1.807) is 11.8 Å². The van der Waals surface area contributed by atoms with E-state index in [4.69, 9.17) is 9.47 Å². The molecule has 24 heavy (non-hydrogen) atoms. The smallest absolute Gasteiger partial charge is 0.410 e. The molecular formula is C17H26N3O4+. The number of carbonyl (C=O) groups is 2. The summed E-state index contributed by atoms with van der Waals surface area (Å²) in [5.74, 6) is 0.622. The lowest BCUT2D eigenvalue weighted by atomic mass is 10.2. The summed E-state index contributed by atoms with van der Waals surface area (Å²) in [7, 11) is 0. The lowest BCUT2D eigenvalue weighted by Crippen LogP contribution is -3.15. The molecular weight excluding hydrogens is 310 g/mol. The normalized spacial score (nSPS) is 15.0. The third kappa shape index (κ3) is 5.13. The summed E-state index contributed by atoms with van der Waals surface area (Å²) < 4.78 is 10.5. The first-order valence-corrected chi connectivity index (χ1v) is 8.41. The number of nitrogens with zero attached hydrogens (tertiary/aromatic N) is 1. The van der Waals surface area contributed by atoms with E-state index in [0.29, 0.717) is 44.3 Å². The van der Waals surface area contributed by atoms with Crippen molar-refractivity contribution >= 4 is 17.7 Å². The monoisotopic (exact) mass is 336 g/mol. The summed E-state index contributed by atoms with van der Waals surface area (Å²) in [4.78, 5) is 26.8. The van der Waals surface area contributed by atoms with Gasteiger partial charge in [-0.1, -0.05) is 12.1 Å². The second-order valence-electron chi connectivity index (χ2n) is 5.59. The van der Waals surface area contributed by atoms with E-state index < -0.39 is 0 Å². The predicted octanol–water partition coefficient (Wildman–Crippen LogP) is 0.381. The molecule has 0 saturated carbocycles. The van der Waals surface area contributed by atoms with Gasteiger partial charge in [0.05, 0.1) is 45.1 Å². The molecule has 7 heteroatoms. The van der Waals surface area contributed by atoms with E-state index in [1.807, 2.05) is 31.2 Å². The van der Waals surface area contributed by atoms with Crippen LogP contribution < -0.4 is 15.0 Å². The van der Waals surface area contributed by atoms with Crippen molar-refractivity contribution < 1.29 is 24.0 Å². The molecule has 1 aliphatic rings. The molecule has 1 aromatic carbocycles. The second-order valence-corrected chi connectivity index (χ2v) is 5.59. The molecule has 2 amide bonds. The molecule has 7 nitrogen and oxygen atoms in total. The highest BCUT2D eigenvalue weighted by Gasteiger charge is 2.26. The quantitative estimate of drug-likeness (QED) is 0.788. The molecule has 0 aromatic heterocycles. The summed E-state index contributed by atoms with van der Waals surface area (Å²) in [5.41, 5.74) is 0.689. The molecule has 2 N–H and O–H groups in total. The molecule has 1 heterocycles. The van der Waals surface area contributed by atoms with E-state index in [0.717, 1.165) is 18.0 Å². The van der Waals surface area contributed by atoms with Gasteiger partial charge in [-0.15, -0.1) is 0 Å². The number of hydrogen-bond acceptors (Lipinski definition) is 4. The van der Waals surface area contributed by atoms with Crippen molar-refractivity contribution in [2.24, 2.45) is 0 Å². The molecule has 1 aromatic rings. The van der Waals surface area contributed by atoms with Gasteiger partial charge in [0.25, 0.3) is 5.91 Å². The lowest BCUT2D eigenvalue weighted by molar-refractivity contribution is -0.895. The Hall–Kier alpha value is -2.28. The number of amides is 2. The molecule has 1 fully saturated rings. The van der Waals surface area contributed by atoms with Crippen molar-refractivity contribution in [3.05, 3.63) is 24.3 Å². The Bertz CT molecular complexity index is 557. The van der Waals surface area contributed by atoms with E-state index in [2.05, 4.69) is 5.32 Å². The molecule has 1 saturated heterocycles. The van der Waals surface area contributed by atoms with E-state index in [9.17, 15) is 9.59 Å².